The SMILES string of the molecule is C=C(Br)CNC(=O)c1sc2nccc(C)c2c1N. The van der Waals surface area contributed by atoms with E-state index >= 15 is 0 Å². The van der Waals surface area contributed by atoms with Crippen molar-refractivity contribution in [1.29, 1.82) is 0 Å². The van der Waals surface area contributed by atoms with Gasteiger partial charge in [-0.15, -0.1) is 11.3 Å². The minimum Gasteiger partial charge on any atom is -0.397 e. The summed E-state index contributed by atoms with van der Waals surface area (Å²) in [5.41, 5.74) is 7.55. The van der Waals surface area contributed by atoms with Crippen LogP contribution in [0.15, 0.2) is 23.3 Å². The Morgan fingerprint density at radius 3 is 3.00 bits per heavy atom. The van der Waals surface area contributed by atoms with Gasteiger partial charge in [-0.3, -0.25) is 4.79 Å². The Bertz CT molecular complexity index is 636. The van der Waals surface area contributed by atoms with Crippen LogP contribution in [0.2, 0.25) is 0 Å². The minimum absolute atomic E-state index is 0.199. The lowest BCUT2D eigenvalue weighted by atomic mass is 10.2. The molecule has 6 heteroatoms. The van der Waals surface area contributed by atoms with Crippen molar-refractivity contribution >= 4 is 49.1 Å². The Kier molecular flexibility index (Phi) is 3.68. The van der Waals surface area contributed by atoms with E-state index in [1.165, 1.54) is 11.3 Å². The third-order valence-electron chi connectivity index (χ3n) is 2.48. The Morgan fingerprint density at radius 1 is 1.67 bits per heavy atom. The zero-order valence-electron chi connectivity index (χ0n) is 9.79. The van der Waals surface area contributed by atoms with Crippen LogP contribution in [-0.2, 0) is 0 Å². The Morgan fingerprint density at radius 2 is 2.39 bits per heavy atom. The van der Waals surface area contributed by atoms with E-state index in [-0.39, 0.29) is 5.91 Å². The number of hydrogen-bond acceptors (Lipinski definition) is 4. The first kappa shape index (κ1) is 13.0. The Hall–Kier alpha value is -1.40. The van der Waals surface area contributed by atoms with Crippen molar-refractivity contribution in [3.63, 3.8) is 0 Å². The summed E-state index contributed by atoms with van der Waals surface area (Å²) < 4.78 is 0.713. The number of pyridine rings is 1. The molecule has 3 N–H and O–H groups in total. The second-order valence-corrected chi connectivity index (χ2v) is 5.97. The molecule has 1 amide bonds. The molecule has 0 aliphatic carbocycles. The maximum absolute atomic E-state index is 12.0. The van der Waals surface area contributed by atoms with Crippen LogP contribution >= 0.6 is 27.3 Å². The number of nitrogen functional groups attached to an aromatic ring is 1. The second-order valence-electron chi connectivity index (χ2n) is 3.85. The average molecular weight is 326 g/mol. The van der Waals surface area contributed by atoms with Gasteiger partial charge < -0.3 is 11.1 Å². The molecule has 2 rings (SSSR count). The smallest absolute Gasteiger partial charge is 0.263 e. The van der Waals surface area contributed by atoms with Gasteiger partial charge in [0, 0.05) is 22.6 Å². The molecular formula is C12H12BrN3OS. The number of nitrogens with zero attached hydrogens (tertiary/aromatic N) is 1. The number of rotatable bonds is 3. The summed E-state index contributed by atoms with van der Waals surface area (Å²) in [6.07, 6.45) is 1.72. The van der Waals surface area contributed by atoms with Gasteiger partial charge in [-0.25, -0.2) is 4.98 Å². The van der Waals surface area contributed by atoms with E-state index in [0.717, 1.165) is 15.8 Å². The van der Waals surface area contributed by atoms with Crippen LogP contribution in [0.3, 0.4) is 0 Å². The lowest BCUT2D eigenvalue weighted by Crippen LogP contribution is -2.24. The van der Waals surface area contributed by atoms with Crippen LogP contribution in [0, 0.1) is 6.92 Å². The maximum atomic E-state index is 12.0. The fraction of sp³-hybridized carbons (Fsp3) is 0.167. The van der Waals surface area contributed by atoms with Crippen molar-refractivity contribution in [2.24, 2.45) is 0 Å². The Balaban J connectivity index is 2.40. The van der Waals surface area contributed by atoms with Gasteiger partial charge in [0.25, 0.3) is 5.91 Å². The normalized spacial score (nSPS) is 10.6. The number of thiophene rings is 1. The molecule has 0 saturated carbocycles. The molecule has 0 aromatic carbocycles. The quantitative estimate of drug-likeness (QED) is 0.911. The number of carbonyl (C=O) groups excluding carboxylic acids is 1. The molecule has 0 aliphatic heterocycles. The van der Waals surface area contributed by atoms with E-state index < -0.39 is 0 Å². The van der Waals surface area contributed by atoms with Gasteiger partial charge in [0.15, 0.2) is 0 Å². The van der Waals surface area contributed by atoms with E-state index in [9.17, 15) is 4.79 Å². The number of carbonyl (C=O) groups is 1. The Labute approximate surface area is 117 Å². The fourth-order valence-corrected chi connectivity index (χ4v) is 2.83. The van der Waals surface area contributed by atoms with Crippen LogP contribution in [0.1, 0.15) is 15.2 Å². The molecule has 18 heavy (non-hydrogen) atoms. The molecule has 0 unspecified atom stereocenters. The molecule has 2 aromatic heterocycles. The van der Waals surface area contributed by atoms with Crippen molar-refractivity contribution in [2.75, 3.05) is 12.3 Å². The van der Waals surface area contributed by atoms with E-state index in [4.69, 9.17) is 5.73 Å². The van der Waals surface area contributed by atoms with Crippen molar-refractivity contribution in [2.45, 2.75) is 6.92 Å². The predicted octanol–water partition coefficient (Wildman–Crippen LogP) is 2.83. The van der Waals surface area contributed by atoms with Gasteiger partial charge in [0.05, 0.1) is 5.69 Å². The largest absolute Gasteiger partial charge is 0.397 e. The van der Waals surface area contributed by atoms with Crippen molar-refractivity contribution in [1.82, 2.24) is 10.3 Å². The number of amides is 1. The van der Waals surface area contributed by atoms with Crippen molar-refractivity contribution < 1.29 is 4.79 Å². The third kappa shape index (κ3) is 2.39. The van der Waals surface area contributed by atoms with Crippen LogP contribution in [0.25, 0.3) is 10.2 Å². The molecular weight excluding hydrogens is 314 g/mol. The number of aromatic nitrogens is 1. The molecule has 4 nitrogen and oxygen atoms in total. The number of halogens is 1. The van der Waals surface area contributed by atoms with Crippen molar-refractivity contribution in [3.05, 3.63) is 33.8 Å². The summed E-state index contributed by atoms with van der Waals surface area (Å²) in [4.78, 5) is 17.5. The number of fused-ring (bicyclic) bond motifs is 1. The second kappa shape index (κ2) is 5.07. The lowest BCUT2D eigenvalue weighted by molar-refractivity contribution is 0.0962. The highest BCUT2D eigenvalue weighted by molar-refractivity contribution is 9.11. The first-order chi connectivity index (χ1) is 8.50. The van der Waals surface area contributed by atoms with Gasteiger partial charge in [0.2, 0.25) is 0 Å². The standard InChI is InChI=1S/C12H12BrN3OS/c1-6-3-4-15-12-8(6)9(14)10(18-12)11(17)16-5-7(2)13/h3-4H,2,5,14H2,1H3,(H,16,17). The summed E-state index contributed by atoms with van der Waals surface area (Å²) in [5, 5.41) is 3.60. The maximum Gasteiger partial charge on any atom is 0.263 e. The van der Waals surface area contributed by atoms with Gasteiger partial charge in [0.1, 0.15) is 9.71 Å². The van der Waals surface area contributed by atoms with E-state index in [1.807, 2.05) is 13.0 Å². The predicted molar refractivity (Wildman–Crippen MR) is 79.2 cm³/mol. The topological polar surface area (TPSA) is 68.0 Å². The molecule has 0 radical (unpaired) electrons. The zero-order chi connectivity index (χ0) is 13.3. The van der Waals surface area contributed by atoms with Gasteiger partial charge in [-0.1, -0.05) is 22.5 Å². The van der Waals surface area contributed by atoms with E-state index in [0.29, 0.717) is 21.6 Å². The van der Waals surface area contributed by atoms with E-state index in [1.54, 1.807) is 6.20 Å². The molecule has 0 spiro atoms. The number of nitrogens with two attached hydrogens (primary N) is 1. The number of hydrogen-bond donors (Lipinski definition) is 2. The molecule has 2 heterocycles. The molecule has 0 bridgehead atoms. The highest BCUT2D eigenvalue weighted by atomic mass is 79.9. The van der Waals surface area contributed by atoms with Gasteiger partial charge in [-0.05, 0) is 18.6 Å². The summed E-state index contributed by atoms with van der Waals surface area (Å²) in [6.45, 7) is 5.99. The van der Waals surface area contributed by atoms with Crippen LogP contribution in [-0.4, -0.2) is 17.4 Å². The summed E-state index contributed by atoms with van der Waals surface area (Å²) >= 11 is 4.50. The minimum atomic E-state index is -0.199. The van der Waals surface area contributed by atoms with Crippen LogP contribution in [0.5, 0.6) is 0 Å². The van der Waals surface area contributed by atoms with Gasteiger partial charge >= 0.3 is 0 Å². The van der Waals surface area contributed by atoms with Crippen LogP contribution < -0.4 is 11.1 Å². The molecule has 0 atom stereocenters. The molecule has 94 valence electrons. The third-order valence-corrected chi connectivity index (χ3v) is 3.88. The zero-order valence-corrected chi connectivity index (χ0v) is 12.2. The lowest BCUT2D eigenvalue weighted by Gasteiger charge is -2.02. The number of anilines is 1. The van der Waals surface area contributed by atoms with Crippen LogP contribution in [0.4, 0.5) is 5.69 Å². The average Bonchev–Trinajstić information content (AvgIpc) is 2.65. The summed E-state index contributed by atoms with van der Waals surface area (Å²) in [6, 6.07) is 1.88. The molecule has 0 saturated heterocycles. The van der Waals surface area contributed by atoms with Crippen molar-refractivity contribution in [3.8, 4) is 0 Å². The number of aryl methyl sites for hydroxylation is 1. The van der Waals surface area contributed by atoms with E-state index in [2.05, 4.69) is 32.8 Å². The summed E-state index contributed by atoms with van der Waals surface area (Å²) in [7, 11) is 0. The molecule has 0 aliphatic rings. The highest BCUT2D eigenvalue weighted by Gasteiger charge is 2.17. The molecule has 2 aromatic rings. The number of nitrogens with one attached hydrogen (secondary N) is 1. The molecule has 0 fully saturated rings. The monoisotopic (exact) mass is 325 g/mol. The first-order valence-corrected chi connectivity index (χ1v) is 6.86. The highest BCUT2D eigenvalue weighted by Crippen LogP contribution is 2.34. The fourth-order valence-electron chi connectivity index (χ4n) is 1.63. The first-order valence-electron chi connectivity index (χ1n) is 5.25. The van der Waals surface area contributed by atoms with Gasteiger partial charge in [-0.2, -0.15) is 0 Å². The summed E-state index contributed by atoms with van der Waals surface area (Å²) in [5.74, 6) is -0.199.